The fourth-order valence-electron chi connectivity index (χ4n) is 1.70. The molecule has 1 saturated heterocycles. The lowest BCUT2D eigenvalue weighted by Gasteiger charge is -2.31. The van der Waals surface area contributed by atoms with E-state index in [4.69, 9.17) is 5.26 Å². The third-order valence-corrected chi connectivity index (χ3v) is 7.22. The summed E-state index contributed by atoms with van der Waals surface area (Å²) in [7, 11) is -3.41. The maximum absolute atomic E-state index is 12.3. The zero-order chi connectivity index (χ0) is 12.5. The topological polar surface area (TPSA) is 61.2 Å². The number of hydrogen-bond acceptors (Lipinski definition) is 5. The van der Waals surface area contributed by atoms with Crippen molar-refractivity contribution in [2.24, 2.45) is 0 Å². The highest BCUT2D eigenvalue weighted by atomic mass is 32.2. The number of thioether (sulfide) groups is 1. The third kappa shape index (κ3) is 2.50. The van der Waals surface area contributed by atoms with Crippen molar-refractivity contribution < 1.29 is 8.42 Å². The number of sulfonamides is 1. The molecule has 4 nitrogen and oxygen atoms in total. The van der Waals surface area contributed by atoms with Crippen LogP contribution in [0.1, 0.15) is 11.8 Å². The van der Waals surface area contributed by atoms with Gasteiger partial charge in [0.2, 0.25) is 0 Å². The summed E-state index contributed by atoms with van der Waals surface area (Å²) in [6, 6.07) is 5.06. The van der Waals surface area contributed by atoms with Gasteiger partial charge in [-0.3, -0.25) is 0 Å². The minimum absolute atomic E-state index is 0.0198. The first-order valence-electron chi connectivity index (χ1n) is 5.15. The van der Waals surface area contributed by atoms with Crippen molar-refractivity contribution >= 4 is 33.1 Å². The molecule has 2 rings (SSSR count). The average Bonchev–Trinajstić information content (AvgIpc) is 2.78. The van der Waals surface area contributed by atoms with E-state index in [1.54, 1.807) is 17.8 Å². The van der Waals surface area contributed by atoms with Crippen LogP contribution in [-0.4, -0.2) is 36.8 Å². The van der Waals surface area contributed by atoms with E-state index in [0.29, 0.717) is 11.4 Å². The van der Waals surface area contributed by atoms with Gasteiger partial charge in [-0.05, 0) is 19.1 Å². The SMILES string of the molecule is CC1CSCCN1S(=O)(=O)c1ccc(C#N)s1. The van der Waals surface area contributed by atoms with Gasteiger partial charge in [0.1, 0.15) is 15.2 Å². The summed E-state index contributed by atoms with van der Waals surface area (Å²) in [5, 5.41) is 8.73. The van der Waals surface area contributed by atoms with Gasteiger partial charge in [0, 0.05) is 24.1 Å². The molecule has 0 aromatic carbocycles. The number of thiophene rings is 1. The highest BCUT2D eigenvalue weighted by Crippen LogP contribution is 2.28. The Bertz CT molecular complexity index is 544. The van der Waals surface area contributed by atoms with Crippen molar-refractivity contribution in [3.63, 3.8) is 0 Å². The molecular formula is C10H12N2O2S3. The molecule has 1 aliphatic heterocycles. The maximum Gasteiger partial charge on any atom is 0.252 e. The van der Waals surface area contributed by atoms with Crippen LogP contribution < -0.4 is 0 Å². The Hall–Kier alpha value is -0.550. The zero-order valence-corrected chi connectivity index (χ0v) is 11.7. The molecule has 0 saturated carbocycles. The van der Waals surface area contributed by atoms with Crippen molar-refractivity contribution in [2.45, 2.75) is 17.2 Å². The Morgan fingerprint density at radius 3 is 2.88 bits per heavy atom. The summed E-state index contributed by atoms with van der Waals surface area (Å²) in [5.74, 6) is 1.66. The van der Waals surface area contributed by atoms with Gasteiger partial charge in [-0.15, -0.1) is 11.3 Å². The minimum atomic E-state index is -3.41. The van der Waals surface area contributed by atoms with Gasteiger partial charge in [0.15, 0.2) is 0 Å². The van der Waals surface area contributed by atoms with Crippen molar-refractivity contribution in [3.05, 3.63) is 17.0 Å². The number of nitrogens with zero attached hydrogens (tertiary/aromatic N) is 2. The Kier molecular flexibility index (Phi) is 3.78. The molecule has 17 heavy (non-hydrogen) atoms. The molecular weight excluding hydrogens is 276 g/mol. The van der Waals surface area contributed by atoms with Crippen LogP contribution in [-0.2, 0) is 10.0 Å². The fourth-order valence-corrected chi connectivity index (χ4v) is 5.79. The molecule has 0 radical (unpaired) electrons. The summed E-state index contributed by atoms with van der Waals surface area (Å²) in [5.41, 5.74) is 0. The lowest BCUT2D eigenvalue weighted by Crippen LogP contribution is -2.44. The van der Waals surface area contributed by atoms with Crippen LogP contribution in [0.4, 0.5) is 0 Å². The smallest absolute Gasteiger partial charge is 0.206 e. The number of rotatable bonds is 2. The molecule has 1 fully saturated rings. The Labute approximate surface area is 109 Å². The van der Waals surface area contributed by atoms with Crippen LogP contribution in [0.2, 0.25) is 0 Å². The summed E-state index contributed by atoms with van der Waals surface area (Å²) in [6.07, 6.45) is 0. The third-order valence-electron chi connectivity index (χ3n) is 2.56. The molecule has 92 valence electrons. The molecule has 7 heteroatoms. The minimum Gasteiger partial charge on any atom is -0.206 e. The average molecular weight is 288 g/mol. The van der Waals surface area contributed by atoms with E-state index >= 15 is 0 Å². The summed E-state index contributed by atoms with van der Waals surface area (Å²) in [4.78, 5) is 0.433. The largest absolute Gasteiger partial charge is 0.252 e. The van der Waals surface area contributed by atoms with Crippen molar-refractivity contribution in [3.8, 4) is 6.07 Å². The van der Waals surface area contributed by atoms with E-state index in [1.807, 2.05) is 13.0 Å². The van der Waals surface area contributed by atoms with Crippen LogP contribution in [0.15, 0.2) is 16.3 Å². The quantitative estimate of drug-likeness (QED) is 0.832. The first-order valence-corrected chi connectivity index (χ1v) is 8.56. The van der Waals surface area contributed by atoms with E-state index in [2.05, 4.69) is 0 Å². The molecule has 1 aromatic heterocycles. The van der Waals surface area contributed by atoms with Gasteiger partial charge in [-0.2, -0.15) is 21.3 Å². The van der Waals surface area contributed by atoms with E-state index < -0.39 is 10.0 Å². The van der Waals surface area contributed by atoms with E-state index in [9.17, 15) is 8.42 Å². The van der Waals surface area contributed by atoms with Gasteiger partial charge in [0.05, 0.1) is 0 Å². The van der Waals surface area contributed by atoms with Crippen molar-refractivity contribution in [1.82, 2.24) is 4.31 Å². The second kappa shape index (κ2) is 4.98. The standard InChI is InChI=1S/C10H12N2O2S3/c1-8-7-15-5-4-12(8)17(13,14)10-3-2-9(6-11)16-10/h2-3,8H,4-5,7H2,1H3. The van der Waals surface area contributed by atoms with Crippen molar-refractivity contribution in [2.75, 3.05) is 18.1 Å². The zero-order valence-electron chi connectivity index (χ0n) is 9.29. The molecule has 0 N–H and O–H groups in total. The maximum atomic E-state index is 12.3. The number of hydrogen-bond donors (Lipinski definition) is 0. The Morgan fingerprint density at radius 1 is 1.53 bits per heavy atom. The second-order valence-corrected chi connectivity index (χ2v) is 8.12. The Balaban J connectivity index is 2.32. The normalized spacial score (nSPS) is 22.2. The van der Waals surface area contributed by atoms with Crippen LogP contribution in [0, 0.1) is 11.3 Å². The lowest BCUT2D eigenvalue weighted by atomic mass is 10.4. The fraction of sp³-hybridized carbons (Fsp3) is 0.500. The van der Waals surface area contributed by atoms with E-state index in [1.165, 1.54) is 10.4 Å². The van der Waals surface area contributed by atoms with Crippen LogP contribution in [0.5, 0.6) is 0 Å². The highest BCUT2D eigenvalue weighted by Gasteiger charge is 2.32. The molecule has 1 aliphatic rings. The summed E-state index contributed by atoms with van der Waals surface area (Å²) in [6.45, 7) is 2.47. The molecule has 1 atom stereocenters. The van der Waals surface area contributed by atoms with Gasteiger partial charge in [-0.25, -0.2) is 8.42 Å². The molecule has 2 heterocycles. The molecule has 1 unspecified atom stereocenters. The molecule has 0 amide bonds. The molecule has 1 aromatic rings. The Morgan fingerprint density at radius 2 is 2.29 bits per heavy atom. The first kappa shape index (κ1) is 12.9. The van der Waals surface area contributed by atoms with Crippen LogP contribution in [0.25, 0.3) is 0 Å². The predicted octanol–water partition coefficient (Wildman–Crippen LogP) is 1.75. The van der Waals surface area contributed by atoms with Crippen molar-refractivity contribution in [1.29, 1.82) is 5.26 Å². The van der Waals surface area contributed by atoms with Gasteiger partial charge in [-0.1, -0.05) is 0 Å². The van der Waals surface area contributed by atoms with E-state index in [0.717, 1.165) is 22.8 Å². The summed E-state index contributed by atoms with van der Waals surface area (Å²) >= 11 is 2.81. The van der Waals surface area contributed by atoms with Crippen LogP contribution >= 0.6 is 23.1 Å². The monoisotopic (exact) mass is 288 g/mol. The van der Waals surface area contributed by atoms with Gasteiger partial charge < -0.3 is 0 Å². The van der Waals surface area contributed by atoms with E-state index in [-0.39, 0.29) is 10.3 Å². The van der Waals surface area contributed by atoms with Crippen LogP contribution in [0.3, 0.4) is 0 Å². The lowest BCUT2D eigenvalue weighted by molar-refractivity contribution is 0.368. The molecule has 0 aliphatic carbocycles. The summed E-state index contributed by atoms with van der Waals surface area (Å²) < 4.78 is 26.5. The first-order chi connectivity index (χ1) is 8.05. The second-order valence-electron chi connectivity index (χ2n) is 3.77. The highest BCUT2D eigenvalue weighted by molar-refractivity contribution is 7.99. The molecule has 0 spiro atoms. The predicted molar refractivity (Wildman–Crippen MR) is 69.7 cm³/mol. The molecule has 0 bridgehead atoms. The van der Waals surface area contributed by atoms with Gasteiger partial charge in [0.25, 0.3) is 10.0 Å². The number of nitriles is 1. The van der Waals surface area contributed by atoms with Gasteiger partial charge >= 0.3 is 0 Å².